The fraction of sp³-hybridized carbons (Fsp3) is 0.471. The average molecular weight is 316 g/mol. The van der Waals surface area contributed by atoms with Crippen LogP contribution in [0.1, 0.15) is 35.2 Å². The van der Waals surface area contributed by atoms with Crippen molar-refractivity contribution in [2.45, 2.75) is 25.8 Å². The Morgan fingerprint density at radius 1 is 1.26 bits per heavy atom. The van der Waals surface area contributed by atoms with Crippen molar-refractivity contribution in [1.82, 2.24) is 9.80 Å². The van der Waals surface area contributed by atoms with Gasteiger partial charge in [-0.2, -0.15) is 0 Å². The molecule has 2 fully saturated rings. The van der Waals surface area contributed by atoms with Crippen LogP contribution in [0.5, 0.6) is 0 Å². The summed E-state index contributed by atoms with van der Waals surface area (Å²) in [4.78, 5) is 38.6. The van der Waals surface area contributed by atoms with Gasteiger partial charge in [-0.05, 0) is 30.5 Å². The average Bonchev–Trinajstić information content (AvgIpc) is 3.17. The number of carbonyl (C=O) groups is 3. The van der Waals surface area contributed by atoms with Crippen LogP contribution in [-0.4, -0.2) is 52.3 Å². The van der Waals surface area contributed by atoms with Gasteiger partial charge in [-0.3, -0.25) is 14.4 Å². The summed E-state index contributed by atoms with van der Waals surface area (Å²) in [5.41, 5.74) is 1.49. The molecule has 1 unspecified atom stereocenters. The van der Waals surface area contributed by atoms with Crippen LogP contribution in [0.4, 0.5) is 0 Å². The minimum absolute atomic E-state index is 0.136. The molecule has 1 atom stereocenters. The highest BCUT2D eigenvalue weighted by atomic mass is 16.4. The molecule has 23 heavy (non-hydrogen) atoms. The third-order valence-corrected chi connectivity index (χ3v) is 4.54. The number of carboxylic acid groups (broad SMARTS) is 1. The van der Waals surface area contributed by atoms with Crippen LogP contribution < -0.4 is 0 Å². The van der Waals surface area contributed by atoms with Crippen molar-refractivity contribution in [3.8, 4) is 0 Å². The summed E-state index contributed by atoms with van der Waals surface area (Å²) in [5.74, 6) is -1.29. The number of likely N-dealkylation sites (tertiary alicyclic amines) is 2. The minimum atomic E-state index is -0.846. The van der Waals surface area contributed by atoms with Crippen LogP contribution in [0.2, 0.25) is 0 Å². The number of nitrogens with zero attached hydrogens (tertiary/aromatic N) is 2. The lowest BCUT2D eigenvalue weighted by atomic mass is 10.1. The van der Waals surface area contributed by atoms with Crippen molar-refractivity contribution < 1.29 is 19.5 Å². The molecule has 2 amide bonds. The van der Waals surface area contributed by atoms with E-state index in [0.717, 1.165) is 18.5 Å². The third-order valence-electron chi connectivity index (χ3n) is 4.54. The van der Waals surface area contributed by atoms with Gasteiger partial charge in [0.05, 0.1) is 5.92 Å². The Morgan fingerprint density at radius 2 is 2.09 bits per heavy atom. The lowest BCUT2D eigenvalue weighted by molar-refractivity contribution is -0.141. The number of amides is 2. The molecule has 0 bridgehead atoms. The first-order chi connectivity index (χ1) is 11.0. The number of hydrogen-bond acceptors (Lipinski definition) is 3. The van der Waals surface area contributed by atoms with Gasteiger partial charge in [-0.1, -0.05) is 12.1 Å². The second-order valence-electron chi connectivity index (χ2n) is 6.19. The lowest BCUT2D eigenvalue weighted by Gasteiger charge is -2.18. The molecule has 6 nitrogen and oxygen atoms in total. The molecule has 2 aliphatic rings. The van der Waals surface area contributed by atoms with Crippen LogP contribution in [0.3, 0.4) is 0 Å². The quantitative estimate of drug-likeness (QED) is 0.909. The monoisotopic (exact) mass is 316 g/mol. The SMILES string of the molecule is O=C(O)C1CCN(C(=O)c2cccc(CN3CCCC3=O)c2)C1. The molecule has 2 aliphatic heterocycles. The fourth-order valence-corrected chi connectivity index (χ4v) is 3.22. The predicted octanol–water partition coefficient (Wildman–Crippen LogP) is 1.36. The summed E-state index contributed by atoms with van der Waals surface area (Å²) in [6.45, 7) is 2.04. The molecule has 1 aromatic carbocycles. The molecular weight excluding hydrogens is 296 g/mol. The first kappa shape index (κ1) is 15.5. The maximum Gasteiger partial charge on any atom is 0.308 e. The normalized spacial score (nSPS) is 21.0. The smallest absolute Gasteiger partial charge is 0.308 e. The highest BCUT2D eigenvalue weighted by molar-refractivity contribution is 5.95. The summed E-state index contributed by atoms with van der Waals surface area (Å²) >= 11 is 0. The summed E-state index contributed by atoms with van der Waals surface area (Å²) in [7, 11) is 0. The molecule has 0 spiro atoms. The molecule has 0 radical (unpaired) electrons. The number of hydrogen-bond donors (Lipinski definition) is 1. The van der Waals surface area contributed by atoms with E-state index >= 15 is 0 Å². The minimum Gasteiger partial charge on any atom is -0.481 e. The van der Waals surface area contributed by atoms with Crippen molar-refractivity contribution in [3.05, 3.63) is 35.4 Å². The number of aliphatic carboxylic acids is 1. The highest BCUT2D eigenvalue weighted by Crippen LogP contribution is 2.20. The van der Waals surface area contributed by atoms with Gasteiger partial charge in [-0.15, -0.1) is 0 Å². The van der Waals surface area contributed by atoms with E-state index in [4.69, 9.17) is 5.11 Å². The number of benzene rings is 1. The molecule has 1 N–H and O–H groups in total. The number of carboxylic acids is 1. The standard InChI is InChI=1S/C17H20N2O4/c20-15-5-2-7-18(15)10-12-3-1-4-13(9-12)16(21)19-8-6-14(11-19)17(22)23/h1,3-4,9,14H,2,5-8,10-11H2,(H,22,23). The van der Waals surface area contributed by atoms with Gasteiger partial charge in [0, 0.05) is 38.2 Å². The molecule has 6 heteroatoms. The Kier molecular flexibility index (Phi) is 4.32. The Labute approximate surface area is 134 Å². The van der Waals surface area contributed by atoms with E-state index in [1.807, 2.05) is 18.2 Å². The van der Waals surface area contributed by atoms with Crippen molar-refractivity contribution in [3.63, 3.8) is 0 Å². The topological polar surface area (TPSA) is 77.9 Å². The maximum absolute atomic E-state index is 12.5. The summed E-state index contributed by atoms with van der Waals surface area (Å²) in [6.07, 6.45) is 1.99. The first-order valence-electron chi connectivity index (χ1n) is 7.93. The molecule has 0 saturated carbocycles. The van der Waals surface area contributed by atoms with Crippen molar-refractivity contribution >= 4 is 17.8 Å². The maximum atomic E-state index is 12.5. The first-order valence-corrected chi connectivity index (χ1v) is 7.93. The Morgan fingerprint density at radius 3 is 2.74 bits per heavy atom. The second kappa shape index (κ2) is 6.40. The van der Waals surface area contributed by atoms with Gasteiger partial charge in [-0.25, -0.2) is 0 Å². The van der Waals surface area contributed by atoms with Crippen LogP contribution in [-0.2, 0) is 16.1 Å². The van der Waals surface area contributed by atoms with Gasteiger partial charge in [0.2, 0.25) is 5.91 Å². The molecular formula is C17H20N2O4. The molecule has 1 aromatic rings. The second-order valence-corrected chi connectivity index (χ2v) is 6.19. The molecule has 0 aromatic heterocycles. The molecule has 2 heterocycles. The van der Waals surface area contributed by atoms with Crippen LogP contribution in [0, 0.1) is 5.92 Å². The molecule has 0 aliphatic carbocycles. The van der Waals surface area contributed by atoms with Crippen molar-refractivity contribution in [2.75, 3.05) is 19.6 Å². The largest absolute Gasteiger partial charge is 0.481 e. The van der Waals surface area contributed by atoms with E-state index in [0.29, 0.717) is 31.5 Å². The van der Waals surface area contributed by atoms with Crippen LogP contribution >= 0.6 is 0 Å². The van der Waals surface area contributed by atoms with E-state index in [-0.39, 0.29) is 18.4 Å². The number of carbonyl (C=O) groups excluding carboxylic acids is 2. The Hall–Kier alpha value is -2.37. The van der Waals surface area contributed by atoms with Gasteiger partial charge in [0.25, 0.3) is 5.91 Å². The Balaban J connectivity index is 1.68. The zero-order valence-electron chi connectivity index (χ0n) is 12.9. The van der Waals surface area contributed by atoms with Gasteiger partial charge < -0.3 is 14.9 Å². The fourth-order valence-electron chi connectivity index (χ4n) is 3.22. The van der Waals surface area contributed by atoms with Crippen LogP contribution in [0.25, 0.3) is 0 Å². The zero-order chi connectivity index (χ0) is 16.4. The molecule has 122 valence electrons. The summed E-state index contributed by atoms with van der Waals surface area (Å²) in [5, 5.41) is 9.04. The number of rotatable bonds is 4. The summed E-state index contributed by atoms with van der Waals surface area (Å²) < 4.78 is 0. The molecule has 2 saturated heterocycles. The van der Waals surface area contributed by atoms with Gasteiger partial charge >= 0.3 is 5.97 Å². The van der Waals surface area contributed by atoms with Gasteiger partial charge in [0.1, 0.15) is 0 Å². The zero-order valence-corrected chi connectivity index (χ0v) is 12.9. The van der Waals surface area contributed by atoms with Crippen molar-refractivity contribution in [2.24, 2.45) is 5.92 Å². The van der Waals surface area contributed by atoms with E-state index in [9.17, 15) is 14.4 Å². The van der Waals surface area contributed by atoms with E-state index < -0.39 is 11.9 Å². The van der Waals surface area contributed by atoms with Crippen molar-refractivity contribution in [1.29, 1.82) is 0 Å². The predicted molar refractivity (Wildman–Crippen MR) is 82.7 cm³/mol. The van der Waals surface area contributed by atoms with E-state index in [1.54, 1.807) is 15.9 Å². The molecule has 3 rings (SSSR count). The highest BCUT2D eigenvalue weighted by Gasteiger charge is 2.31. The van der Waals surface area contributed by atoms with E-state index in [1.165, 1.54) is 0 Å². The Bertz CT molecular complexity index is 643. The summed E-state index contributed by atoms with van der Waals surface area (Å²) in [6, 6.07) is 7.27. The van der Waals surface area contributed by atoms with E-state index in [2.05, 4.69) is 0 Å². The van der Waals surface area contributed by atoms with Gasteiger partial charge in [0.15, 0.2) is 0 Å². The lowest BCUT2D eigenvalue weighted by Crippen LogP contribution is -2.30. The van der Waals surface area contributed by atoms with Crippen LogP contribution in [0.15, 0.2) is 24.3 Å². The third kappa shape index (κ3) is 3.36.